The highest BCUT2D eigenvalue weighted by molar-refractivity contribution is 5.77. The summed E-state index contributed by atoms with van der Waals surface area (Å²) in [7, 11) is 1.97. The molecule has 2 fully saturated rings. The van der Waals surface area contributed by atoms with Crippen LogP contribution >= 0.6 is 0 Å². The van der Waals surface area contributed by atoms with Crippen LogP contribution < -0.4 is 10.6 Å². The number of carbonyl (C=O) groups excluding carboxylic acids is 1. The molecule has 25 heavy (non-hydrogen) atoms. The van der Waals surface area contributed by atoms with Gasteiger partial charge in [-0.3, -0.25) is 9.48 Å². The number of imidazole rings is 1. The molecular formula is C18H26N6O. The number of aromatic nitrogens is 4. The first-order valence-corrected chi connectivity index (χ1v) is 9.25. The summed E-state index contributed by atoms with van der Waals surface area (Å²) in [6.07, 6.45) is 12.0. The third kappa shape index (κ3) is 3.33. The minimum Gasteiger partial charge on any atom is -0.345 e. The molecule has 0 radical (unpaired) electrons. The molecule has 2 aromatic heterocycles. The van der Waals surface area contributed by atoms with Crippen LogP contribution in [-0.4, -0.2) is 31.3 Å². The van der Waals surface area contributed by atoms with Gasteiger partial charge in [-0.15, -0.1) is 0 Å². The first-order chi connectivity index (χ1) is 12.2. The fraction of sp³-hybridized carbons (Fsp3) is 0.611. The molecule has 0 aromatic carbocycles. The third-order valence-electron chi connectivity index (χ3n) is 5.51. The van der Waals surface area contributed by atoms with Crippen molar-refractivity contribution in [1.82, 2.24) is 30.0 Å². The van der Waals surface area contributed by atoms with Gasteiger partial charge in [-0.2, -0.15) is 5.10 Å². The zero-order valence-electron chi connectivity index (χ0n) is 14.7. The lowest BCUT2D eigenvalue weighted by Crippen LogP contribution is -2.49. The molecule has 0 spiro atoms. The van der Waals surface area contributed by atoms with E-state index in [0.29, 0.717) is 12.5 Å². The zero-order valence-corrected chi connectivity index (χ0v) is 14.7. The van der Waals surface area contributed by atoms with Gasteiger partial charge >= 0.3 is 0 Å². The molecular weight excluding hydrogens is 316 g/mol. The highest BCUT2D eigenvalue weighted by Crippen LogP contribution is 2.30. The van der Waals surface area contributed by atoms with E-state index < -0.39 is 0 Å². The molecule has 3 heterocycles. The predicted octanol–water partition coefficient (Wildman–Crippen LogP) is 1.84. The number of piperidine rings is 1. The number of nitrogens with zero attached hydrogens (tertiary/aromatic N) is 4. The Morgan fingerprint density at radius 1 is 1.28 bits per heavy atom. The van der Waals surface area contributed by atoms with Gasteiger partial charge in [0.05, 0.1) is 11.7 Å². The second-order valence-electron chi connectivity index (χ2n) is 7.17. The Morgan fingerprint density at radius 2 is 2.12 bits per heavy atom. The molecule has 1 amide bonds. The average Bonchev–Trinajstić information content (AvgIpc) is 3.34. The largest absolute Gasteiger partial charge is 0.345 e. The number of nitrogens with one attached hydrogen (secondary N) is 2. The maximum atomic E-state index is 11.9. The fourth-order valence-corrected chi connectivity index (χ4v) is 4.14. The quantitative estimate of drug-likeness (QED) is 0.869. The molecule has 134 valence electrons. The molecule has 0 bridgehead atoms. The van der Waals surface area contributed by atoms with Crippen molar-refractivity contribution in [3.05, 3.63) is 36.2 Å². The molecule has 0 unspecified atom stereocenters. The van der Waals surface area contributed by atoms with Gasteiger partial charge in [-0.05, 0) is 25.3 Å². The molecule has 2 atom stereocenters. The molecule has 1 aliphatic heterocycles. The van der Waals surface area contributed by atoms with Crippen molar-refractivity contribution in [2.75, 3.05) is 0 Å². The number of carbonyl (C=O) groups is 1. The molecule has 1 saturated heterocycles. The van der Waals surface area contributed by atoms with E-state index >= 15 is 0 Å². The van der Waals surface area contributed by atoms with Crippen molar-refractivity contribution in [2.24, 2.45) is 7.05 Å². The number of aryl methyl sites for hydroxylation is 1. The smallest absolute Gasteiger partial charge is 0.220 e. The molecule has 7 nitrogen and oxygen atoms in total. The van der Waals surface area contributed by atoms with Crippen LogP contribution in [0.2, 0.25) is 0 Å². The van der Waals surface area contributed by atoms with Crippen LogP contribution in [0, 0.1) is 0 Å². The number of hydrogen-bond donors (Lipinski definition) is 2. The molecule has 2 N–H and O–H groups in total. The van der Waals surface area contributed by atoms with E-state index in [2.05, 4.69) is 31.5 Å². The Morgan fingerprint density at radius 3 is 2.88 bits per heavy atom. The standard InChI is InChI=1S/C18H26N6O/c1-23-11-10-19-18(23)17-15(6-7-16(25)22-17)20-12-14-8-9-21-24(14)13-4-2-3-5-13/h8-11,13,15,17,20H,2-7,12H2,1H3,(H,22,25)/t15-,17-/m1/s1. The Bertz CT molecular complexity index is 730. The Kier molecular flexibility index (Phi) is 4.57. The third-order valence-corrected chi connectivity index (χ3v) is 5.51. The number of amides is 1. The van der Waals surface area contributed by atoms with Crippen LogP contribution in [0.15, 0.2) is 24.7 Å². The van der Waals surface area contributed by atoms with Crippen LogP contribution in [0.1, 0.15) is 62.1 Å². The molecule has 1 aliphatic carbocycles. The normalized spacial score (nSPS) is 24.6. The van der Waals surface area contributed by atoms with Crippen molar-refractivity contribution in [2.45, 2.75) is 63.2 Å². The van der Waals surface area contributed by atoms with Crippen molar-refractivity contribution >= 4 is 5.91 Å². The lowest BCUT2D eigenvalue weighted by atomic mass is 9.97. The van der Waals surface area contributed by atoms with E-state index in [1.807, 2.05) is 24.0 Å². The van der Waals surface area contributed by atoms with Gasteiger partial charge in [0, 0.05) is 44.6 Å². The van der Waals surface area contributed by atoms with Crippen molar-refractivity contribution < 1.29 is 4.79 Å². The van der Waals surface area contributed by atoms with Crippen LogP contribution in [0.5, 0.6) is 0 Å². The molecule has 2 aromatic rings. The summed E-state index contributed by atoms with van der Waals surface area (Å²) in [6.45, 7) is 0.762. The summed E-state index contributed by atoms with van der Waals surface area (Å²) in [5.74, 6) is 0.997. The molecule has 4 rings (SSSR count). The van der Waals surface area contributed by atoms with Crippen LogP contribution in [0.3, 0.4) is 0 Å². The maximum absolute atomic E-state index is 11.9. The van der Waals surface area contributed by atoms with Crippen molar-refractivity contribution in [3.8, 4) is 0 Å². The van der Waals surface area contributed by atoms with Crippen LogP contribution in [0.25, 0.3) is 0 Å². The van der Waals surface area contributed by atoms with Crippen molar-refractivity contribution in [3.63, 3.8) is 0 Å². The highest BCUT2D eigenvalue weighted by Gasteiger charge is 2.32. The second-order valence-corrected chi connectivity index (χ2v) is 7.17. The minimum atomic E-state index is -0.0934. The first-order valence-electron chi connectivity index (χ1n) is 9.25. The van der Waals surface area contributed by atoms with E-state index in [1.165, 1.54) is 31.4 Å². The van der Waals surface area contributed by atoms with E-state index in [1.54, 1.807) is 6.20 Å². The summed E-state index contributed by atoms with van der Waals surface area (Å²) in [5, 5.41) is 11.3. The number of rotatable bonds is 5. The van der Waals surface area contributed by atoms with E-state index in [0.717, 1.165) is 18.8 Å². The SMILES string of the molecule is Cn1ccnc1[C@@H]1NC(=O)CC[C@H]1NCc1ccnn1C1CCCC1. The molecule has 7 heteroatoms. The Hall–Kier alpha value is -2.15. The first kappa shape index (κ1) is 16.3. The topological polar surface area (TPSA) is 76.8 Å². The zero-order chi connectivity index (χ0) is 17.2. The summed E-state index contributed by atoms with van der Waals surface area (Å²) < 4.78 is 4.17. The lowest BCUT2D eigenvalue weighted by molar-refractivity contribution is -0.124. The van der Waals surface area contributed by atoms with E-state index in [-0.39, 0.29) is 18.0 Å². The summed E-state index contributed by atoms with van der Waals surface area (Å²) >= 11 is 0. The Labute approximate surface area is 147 Å². The van der Waals surface area contributed by atoms with Crippen LogP contribution in [0.4, 0.5) is 0 Å². The maximum Gasteiger partial charge on any atom is 0.220 e. The fourth-order valence-electron chi connectivity index (χ4n) is 4.14. The number of hydrogen-bond acceptors (Lipinski definition) is 4. The summed E-state index contributed by atoms with van der Waals surface area (Å²) in [5.41, 5.74) is 1.22. The van der Waals surface area contributed by atoms with E-state index in [4.69, 9.17) is 0 Å². The summed E-state index contributed by atoms with van der Waals surface area (Å²) in [4.78, 5) is 16.3. The van der Waals surface area contributed by atoms with Crippen molar-refractivity contribution in [1.29, 1.82) is 0 Å². The van der Waals surface area contributed by atoms with Gasteiger partial charge in [-0.25, -0.2) is 4.98 Å². The lowest BCUT2D eigenvalue weighted by Gasteiger charge is -2.32. The van der Waals surface area contributed by atoms with E-state index in [9.17, 15) is 4.79 Å². The predicted molar refractivity (Wildman–Crippen MR) is 93.7 cm³/mol. The van der Waals surface area contributed by atoms with Gasteiger partial charge in [0.15, 0.2) is 0 Å². The van der Waals surface area contributed by atoms with Gasteiger partial charge in [-0.1, -0.05) is 12.8 Å². The highest BCUT2D eigenvalue weighted by atomic mass is 16.1. The van der Waals surface area contributed by atoms with Gasteiger partial charge in [0.2, 0.25) is 5.91 Å². The van der Waals surface area contributed by atoms with Gasteiger partial charge < -0.3 is 15.2 Å². The summed E-state index contributed by atoms with van der Waals surface area (Å²) in [6, 6.07) is 2.72. The monoisotopic (exact) mass is 342 g/mol. The van der Waals surface area contributed by atoms with Crippen LogP contribution in [-0.2, 0) is 18.4 Å². The average molecular weight is 342 g/mol. The van der Waals surface area contributed by atoms with Gasteiger partial charge in [0.1, 0.15) is 11.9 Å². The second kappa shape index (κ2) is 7.00. The minimum absolute atomic E-state index is 0.0934. The van der Waals surface area contributed by atoms with Gasteiger partial charge in [0.25, 0.3) is 0 Å². The molecule has 2 aliphatic rings. The Balaban J connectivity index is 1.47. The molecule has 1 saturated carbocycles.